The maximum atomic E-state index is 5.88. The minimum Gasteiger partial charge on any atom is -0.451 e. The highest BCUT2D eigenvalue weighted by Crippen LogP contribution is 2.35. The molecule has 3 heterocycles. The molecule has 104 valence electrons. The lowest BCUT2D eigenvalue weighted by atomic mass is 10.2. The second kappa shape index (κ2) is 4.60. The summed E-state index contributed by atoms with van der Waals surface area (Å²) in [6.07, 6.45) is 1.54. The fourth-order valence-corrected chi connectivity index (χ4v) is 2.99. The van der Waals surface area contributed by atoms with Crippen LogP contribution in [0.3, 0.4) is 0 Å². The molecule has 21 heavy (non-hydrogen) atoms. The van der Waals surface area contributed by atoms with Crippen LogP contribution in [0.5, 0.6) is 0 Å². The van der Waals surface area contributed by atoms with Crippen LogP contribution >= 0.6 is 11.8 Å². The lowest BCUT2D eigenvalue weighted by Gasteiger charge is -1.96. The Morgan fingerprint density at radius 1 is 1.05 bits per heavy atom. The molecule has 0 unspecified atom stereocenters. The number of hydrogen-bond donors (Lipinski definition) is 0. The molecule has 4 rings (SSSR count). The highest BCUT2D eigenvalue weighted by Gasteiger charge is 2.16. The van der Waals surface area contributed by atoms with Gasteiger partial charge in [-0.05, 0) is 37.7 Å². The normalized spacial score (nSPS) is 11.5. The van der Waals surface area contributed by atoms with Gasteiger partial charge in [0.05, 0.1) is 5.69 Å². The molecular weight excluding hydrogens is 286 g/mol. The van der Waals surface area contributed by atoms with Crippen molar-refractivity contribution in [3.05, 3.63) is 42.0 Å². The summed E-state index contributed by atoms with van der Waals surface area (Å²) < 4.78 is 11.5. The lowest BCUT2D eigenvalue weighted by Crippen LogP contribution is -1.84. The molecule has 0 bridgehead atoms. The number of aromatic nitrogens is 3. The number of fused-ring (bicyclic) bond motifs is 3. The Morgan fingerprint density at radius 3 is 2.71 bits per heavy atom. The van der Waals surface area contributed by atoms with E-state index in [-0.39, 0.29) is 0 Å². The molecular formula is C15H11N3O2S. The van der Waals surface area contributed by atoms with Crippen molar-refractivity contribution in [2.45, 2.75) is 24.1 Å². The maximum Gasteiger partial charge on any atom is 0.262 e. The average molecular weight is 297 g/mol. The smallest absolute Gasteiger partial charge is 0.262 e. The zero-order valence-electron chi connectivity index (χ0n) is 11.5. The number of aryl methyl sites for hydroxylation is 2. The van der Waals surface area contributed by atoms with E-state index in [2.05, 4.69) is 15.0 Å². The number of rotatable bonds is 2. The van der Waals surface area contributed by atoms with Crippen molar-refractivity contribution >= 4 is 33.8 Å². The number of para-hydroxylation sites is 1. The van der Waals surface area contributed by atoms with Gasteiger partial charge in [0.15, 0.2) is 10.6 Å². The summed E-state index contributed by atoms with van der Waals surface area (Å²) in [4.78, 5) is 13.0. The Balaban J connectivity index is 1.88. The van der Waals surface area contributed by atoms with E-state index in [9.17, 15) is 0 Å². The van der Waals surface area contributed by atoms with Gasteiger partial charge in [0.1, 0.15) is 23.2 Å². The molecule has 0 radical (unpaired) electrons. The number of oxazole rings is 1. The van der Waals surface area contributed by atoms with Crippen LogP contribution in [0, 0.1) is 13.8 Å². The predicted molar refractivity (Wildman–Crippen MR) is 79.4 cm³/mol. The summed E-state index contributed by atoms with van der Waals surface area (Å²) in [6.45, 7) is 3.81. The molecule has 0 spiro atoms. The molecule has 4 aromatic rings. The van der Waals surface area contributed by atoms with Crippen LogP contribution in [0.2, 0.25) is 0 Å². The maximum absolute atomic E-state index is 5.88. The van der Waals surface area contributed by atoms with Crippen LogP contribution in [0.1, 0.15) is 11.5 Å². The van der Waals surface area contributed by atoms with Crippen molar-refractivity contribution < 1.29 is 8.83 Å². The standard InChI is InChI=1S/C15H11N3O2S/c1-8-9(2)19-15(18-8)21-14-13-12(16-7-17-14)10-5-3-4-6-11(10)20-13/h3-7H,1-2H3. The minimum absolute atomic E-state index is 0.561. The molecule has 1 aromatic carbocycles. The summed E-state index contributed by atoms with van der Waals surface area (Å²) in [5.74, 6) is 0.812. The van der Waals surface area contributed by atoms with Gasteiger partial charge in [-0.1, -0.05) is 12.1 Å². The summed E-state index contributed by atoms with van der Waals surface area (Å²) in [5, 5.41) is 2.25. The number of hydrogen-bond acceptors (Lipinski definition) is 6. The first-order chi connectivity index (χ1) is 10.2. The number of nitrogens with zero attached hydrogens (tertiary/aromatic N) is 3. The molecule has 0 aliphatic rings. The molecule has 0 aliphatic carbocycles. The van der Waals surface area contributed by atoms with Crippen LogP contribution in [0.4, 0.5) is 0 Å². The highest BCUT2D eigenvalue weighted by atomic mass is 32.2. The molecule has 6 heteroatoms. The molecule has 0 atom stereocenters. The Morgan fingerprint density at radius 2 is 1.90 bits per heavy atom. The van der Waals surface area contributed by atoms with Gasteiger partial charge in [0.2, 0.25) is 0 Å². The van der Waals surface area contributed by atoms with Crippen LogP contribution < -0.4 is 0 Å². The van der Waals surface area contributed by atoms with E-state index < -0.39 is 0 Å². The zero-order valence-corrected chi connectivity index (χ0v) is 12.3. The van der Waals surface area contributed by atoms with E-state index in [0.717, 1.165) is 27.9 Å². The van der Waals surface area contributed by atoms with E-state index >= 15 is 0 Å². The van der Waals surface area contributed by atoms with Crippen molar-refractivity contribution in [2.75, 3.05) is 0 Å². The Kier molecular flexibility index (Phi) is 2.71. The van der Waals surface area contributed by atoms with Gasteiger partial charge < -0.3 is 8.83 Å². The first kappa shape index (κ1) is 12.4. The fourth-order valence-electron chi connectivity index (χ4n) is 2.15. The molecule has 0 saturated carbocycles. The van der Waals surface area contributed by atoms with Crippen molar-refractivity contribution in [1.82, 2.24) is 15.0 Å². The molecule has 0 N–H and O–H groups in total. The summed E-state index contributed by atoms with van der Waals surface area (Å²) in [6, 6.07) is 7.81. The van der Waals surface area contributed by atoms with Gasteiger partial charge in [-0.2, -0.15) is 0 Å². The summed E-state index contributed by atoms with van der Waals surface area (Å²) in [7, 11) is 0. The van der Waals surface area contributed by atoms with Gasteiger partial charge >= 0.3 is 0 Å². The minimum atomic E-state index is 0.561. The van der Waals surface area contributed by atoms with Crippen molar-refractivity contribution in [3.63, 3.8) is 0 Å². The van der Waals surface area contributed by atoms with Crippen molar-refractivity contribution in [3.8, 4) is 0 Å². The van der Waals surface area contributed by atoms with Crippen molar-refractivity contribution in [1.29, 1.82) is 0 Å². The Hall–Kier alpha value is -2.34. The molecule has 3 aromatic heterocycles. The SMILES string of the molecule is Cc1nc(Sc2ncnc3c2oc2ccccc23)oc1C. The van der Waals surface area contributed by atoms with E-state index in [1.165, 1.54) is 18.1 Å². The van der Waals surface area contributed by atoms with Crippen LogP contribution in [-0.2, 0) is 0 Å². The van der Waals surface area contributed by atoms with Crippen LogP contribution in [-0.4, -0.2) is 15.0 Å². The van der Waals surface area contributed by atoms with E-state index in [0.29, 0.717) is 15.8 Å². The third-order valence-electron chi connectivity index (χ3n) is 3.32. The summed E-state index contributed by atoms with van der Waals surface area (Å²) in [5.41, 5.74) is 3.15. The van der Waals surface area contributed by atoms with E-state index in [1.807, 2.05) is 38.1 Å². The second-order valence-corrected chi connectivity index (χ2v) is 5.62. The third-order valence-corrected chi connectivity index (χ3v) is 4.15. The summed E-state index contributed by atoms with van der Waals surface area (Å²) >= 11 is 1.34. The van der Waals surface area contributed by atoms with E-state index in [4.69, 9.17) is 8.83 Å². The first-order valence-electron chi connectivity index (χ1n) is 6.46. The number of furan rings is 1. The number of benzene rings is 1. The Bertz CT molecular complexity index is 939. The van der Waals surface area contributed by atoms with Crippen LogP contribution in [0.15, 0.2) is 49.7 Å². The van der Waals surface area contributed by atoms with E-state index in [1.54, 1.807) is 0 Å². The predicted octanol–water partition coefficient (Wildman–Crippen LogP) is 4.13. The molecule has 0 aliphatic heterocycles. The highest BCUT2D eigenvalue weighted by molar-refractivity contribution is 7.99. The van der Waals surface area contributed by atoms with Crippen molar-refractivity contribution in [2.24, 2.45) is 0 Å². The van der Waals surface area contributed by atoms with Gasteiger partial charge in [-0.3, -0.25) is 0 Å². The van der Waals surface area contributed by atoms with Gasteiger partial charge in [0.25, 0.3) is 5.22 Å². The largest absolute Gasteiger partial charge is 0.451 e. The van der Waals surface area contributed by atoms with Gasteiger partial charge in [-0.15, -0.1) is 0 Å². The quantitative estimate of drug-likeness (QED) is 0.518. The molecule has 5 nitrogen and oxygen atoms in total. The molecule has 0 saturated heterocycles. The zero-order chi connectivity index (χ0) is 14.4. The fraction of sp³-hybridized carbons (Fsp3) is 0.133. The third kappa shape index (κ3) is 1.99. The topological polar surface area (TPSA) is 65.0 Å². The average Bonchev–Trinajstić information content (AvgIpc) is 3.01. The molecule has 0 amide bonds. The van der Waals surface area contributed by atoms with Gasteiger partial charge in [-0.25, -0.2) is 15.0 Å². The molecule has 0 fully saturated rings. The monoisotopic (exact) mass is 297 g/mol. The lowest BCUT2D eigenvalue weighted by molar-refractivity contribution is 0.431. The Labute approximate surface area is 124 Å². The van der Waals surface area contributed by atoms with Gasteiger partial charge in [0, 0.05) is 5.39 Å². The first-order valence-corrected chi connectivity index (χ1v) is 7.28. The second-order valence-electron chi connectivity index (χ2n) is 4.68. The van der Waals surface area contributed by atoms with Crippen LogP contribution in [0.25, 0.3) is 22.1 Å².